The number of amides is 3. The zero-order valence-corrected chi connectivity index (χ0v) is 25.8. The lowest BCUT2D eigenvalue weighted by Crippen LogP contribution is -2.46. The third-order valence-electron chi connectivity index (χ3n) is 7.00. The number of anilines is 2. The van der Waals surface area contributed by atoms with Crippen molar-refractivity contribution in [1.29, 1.82) is 0 Å². The summed E-state index contributed by atoms with van der Waals surface area (Å²) in [5.41, 5.74) is 1.58. The number of nitrogens with one attached hydrogen (secondary N) is 3. The molecule has 0 aliphatic carbocycles. The fourth-order valence-electron chi connectivity index (χ4n) is 5.08. The molecule has 43 heavy (non-hydrogen) atoms. The molecule has 1 unspecified atom stereocenters. The van der Waals surface area contributed by atoms with Gasteiger partial charge in [-0.05, 0) is 81.1 Å². The molecule has 0 saturated carbocycles. The molecule has 1 aliphatic heterocycles. The smallest absolute Gasteiger partial charge is 0.410 e. The standard InChI is InChI=1S/C31H34ClN5O5S/c1-31(2,3)42-30(40)37-13-5-4-6-21(37)9-14-41-27-22-16-25(36-29(39)34-20-7-11-33-12-8-20)23(32)17-24(22)35-28(38)26(27)19-10-15-43-18-19/h7-8,10-12,15-18,21H,4-6,9,13-14H2,1-3H3,(H,35,38)(H2,33,34,36,39). The molecule has 3 N–H and O–H groups in total. The highest BCUT2D eigenvalue weighted by atomic mass is 35.5. The van der Waals surface area contributed by atoms with Gasteiger partial charge in [-0.2, -0.15) is 11.3 Å². The second-order valence-corrected chi connectivity index (χ2v) is 12.5. The van der Waals surface area contributed by atoms with Crippen LogP contribution in [0.15, 0.2) is 58.3 Å². The van der Waals surface area contributed by atoms with Gasteiger partial charge in [0.2, 0.25) is 0 Å². The van der Waals surface area contributed by atoms with E-state index in [9.17, 15) is 14.4 Å². The lowest BCUT2D eigenvalue weighted by Gasteiger charge is -2.36. The molecule has 3 aromatic heterocycles. The normalized spacial score (nSPS) is 15.3. The first kappa shape index (κ1) is 30.4. The van der Waals surface area contributed by atoms with E-state index >= 15 is 0 Å². The molecule has 1 fully saturated rings. The number of benzene rings is 1. The fraction of sp³-hybridized carbons (Fsp3) is 0.355. The minimum Gasteiger partial charge on any atom is -0.492 e. The Bertz CT molecular complexity index is 1650. The van der Waals surface area contributed by atoms with Gasteiger partial charge >= 0.3 is 12.1 Å². The average molecular weight is 624 g/mol. The molecule has 3 amide bonds. The number of piperidine rings is 1. The number of pyridine rings is 2. The van der Waals surface area contributed by atoms with Crippen LogP contribution in [0.1, 0.15) is 46.5 Å². The SMILES string of the molecule is CC(C)(C)OC(=O)N1CCCCC1CCOc1c(-c2ccsc2)c(=O)[nH]c2cc(Cl)c(NC(=O)Nc3ccncc3)cc12. The van der Waals surface area contributed by atoms with E-state index in [1.165, 1.54) is 11.3 Å². The van der Waals surface area contributed by atoms with Crippen LogP contribution in [0.25, 0.3) is 22.0 Å². The lowest BCUT2D eigenvalue weighted by atomic mass is 10.00. The topological polar surface area (TPSA) is 126 Å². The predicted molar refractivity (Wildman–Crippen MR) is 170 cm³/mol. The number of nitrogens with zero attached hydrogens (tertiary/aromatic N) is 2. The number of rotatable bonds is 7. The van der Waals surface area contributed by atoms with Gasteiger partial charge in [0.05, 0.1) is 28.4 Å². The van der Waals surface area contributed by atoms with Crippen LogP contribution in [0.3, 0.4) is 0 Å². The molecule has 4 heterocycles. The van der Waals surface area contributed by atoms with Crippen LogP contribution in [0, 0.1) is 0 Å². The summed E-state index contributed by atoms with van der Waals surface area (Å²) in [4.78, 5) is 47.7. The third kappa shape index (κ3) is 7.47. The van der Waals surface area contributed by atoms with E-state index in [0.717, 1.165) is 24.8 Å². The van der Waals surface area contributed by atoms with Crippen LogP contribution in [-0.2, 0) is 4.74 Å². The van der Waals surface area contributed by atoms with Gasteiger partial charge in [0.1, 0.15) is 11.4 Å². The molecule has 10 nitrogen and oxygen atoms in total. The van der Waals surface area contributed by atoms with Crippen molar-refractivity contribution in [3.63, 3.8) is 0 Å². The maximum atomic E-state index is 13.3. The number of carbonyl (C=O) groups is 2. The van der Waals surface area contributed by atoms with Gasteiger partial charge in [-0.1, -0.05) is 11.6 Å². The zero-order chi connectivity index (χ0) is 30.6. The van der Waals surface area contributed by atoms with Crippen molar-refractivity contribution in [2.45, 2.75) is 58.1 Å². The van der Waals surface area contributed by atoms with Crippen molar-refractivity contribution in [3.05, 3.63) is 68.9 Å². The first-order valence-electron chi connectivity index (χ1n) is 14.1. The molecular formula is C31H34ClN5O5S. The average Bonchev–Trinajstić information content (AvgIpc) is 3.48. The molecule has 12 heteroatoms. The maximum Gasteiger partial charge on any atom is 0.410 e. The van der Waals surface area contributed by atoms with Crippen molar-refractivity contribution < 1.29 is 19.1 Å². The summed E-state index contributed by atoms with van der Waals surface area (Å²) < 4.78 is 12.1. The van der Waals surface area contributed by atoms with Gasteiger partial charge < -0.3 is 30.0 Å². The van der Waals surface area contributed by atoms with E-state index in [1.807, 2.05) is 37.6 Å². The fourth-order valence-corrected chi connectivity index (χ4v) is 5.94. The Labute approximate surface area is 258 Å². The predicted octanol–water partition coefficient (Wildman–Crippen LogP) is 7.51. The molecule has 0 bridgehead atoms. The van der Waals surface area contributed by atoms with Gasteiger partial charge in [0.15, 0.2) is 0 Å². The molecule has 1 atom stereocenters. The van der Waals surface area contributed by atoms with Crippen LogP contribution in [0.4, 0.5) is 21.0 Å². The van der Waals surface area contributed by atoms with Gasteiger partial charge in [0, 0.05) is 48.0 Å². The molecule has 4 aromatic rings. The Morgan fingerprint density at radius 2 is 1.95 bits per heavy atom. The number of ether oxygens (including phenoxy) is 2. The summed E-state index contributed by atoms with van der Waals surface area (Å²) in [6.45, 7) is 6.45. The summed E-state index contributed by atoms with van der Waals surface area (Å²) in [7, 11) is 0. The van der Waals surface area contributed by atoms with E-state index in [0.29, 0.717) is 46.6 Å². The van der Waals surface area contributed by atoms with Gasteiger partial charge in [-0.15, -0.1) is 0 Å². The number of carbonyl (C=O) groups excluding carboxylic acids is 2. The first-order valence-corrected chi connectivity index (χ1v) is 15.4. The number of H-pyrrole nitrogens is 1. The minimum atomic E-state index is -0.586. The molecule has 1 aromatic carbocycles. The summed E-state index contributed by atoms with van der Waals surface area (Å²) in [6, 6.07) is 7.94. The molecule has 0 spiro atoms. The number of aromatic nitrogens is 2. The molecule has 5 rings (SSSR count). The minimum absolute atomic E-state index is 0.0509. The van der Waals surface area contributed by atoms with Crippen LogP contribution < -0.4 is 20.9 Å². The molecule has 1 aliphatic rings. The van der Waals surface area contributed by atoms with Crippen LogP contribution in [0.5, 0.6) is 5.75 Å². The van der Waals surface area contributed by atoms with E-state index in [4.69, 9.17) is 21.1 Å². The highest BCUT2D eigenvalue weighted by molar-refractivity contribution is 7.08. The molecule has 0 radical (unpaired) electrons. The number of aromatic amines is 1. The first-order chi connectivity index (χ1) is 20.6. The number of halogens is 1. The Hall–Kier alpha value is -4.09. The van der Waals surface area contributed by atoms with Crippen LogP contribution in [-0.4, -0.2) is 51.8 Å². The second-order valence-electron chi connectivity index (χ2n) is 11.3. The molecule has 226 valence electrons. The molecular weight excluding hydrogens is 590 g/mol. The van der Waals surface area contributed by atoms with Crippen LogP contribution >= 0.6 is 22.9 Å². The van der Waals surface area contributed by atoms with Crippen molar-refractivity contribution in [2.75, 3.05) is 23.8 Å². The van der Waals surface area contributed by atoms with Gasteiger partial charge in [0.25, 0.3) is 5.56 Å². The van der Waals surface area contributed by atoms with Crippen molar-refractivity contribution >= 4 is 57.3 Å². The van der Waals surface area contributed by atoms with Crippen molar-refractivity contribution in [2.24, 2.45) is 0 Å². The van der Waals surface area contributed by atoms with Crippen molar-refractivity contribution in [1.82, 2.24) is 14.9 Å². The summed E-state index contributed by atoms with van der Waals surface area (Å²) in [5.74, 6) is 0.381. The van der Waals surface area contributed by atoms with E-state index in [2.05, 4.69) is 20.6 Å². The number of thiophene rings is 1. The molecule has 1 saturated heterocycles. The number of hydrogen-bond acceptors (Lipinski definition) is 7. The summed E-state index contributed by atoms with van der Waals surface area (Å²) in [5, 5.41) is 10.1. The largest absolute Gasteiger partial charge is 0.492 e. The third-order valence-corrected chi connectivity index (χ3v) is 8.00. The van der Waals surface area contributed by atoms with E-state index < -0.39 is 11.6 Å². The van der Waals surface area contributed by atoms with E-state index in [-0.39, 0.29) is 29.3 Å². The highest BCUT2D eigenvalue weighted by Gasteiger charge is 2.30. The van der Waals surface area contributed by atoms with Gasteiger partial charge in [-0.25, -0.2) is 9.59 Å². The Balaban J connectivity index is 1.43. The highest BCUT2D eigenvalue weighted by Crippen LogP contribution is 2.38. The van der Waals surface area contributed by atoms with Crippen LogP contribution in [0.2, 0.25) is 5.02 Å². The number of fused-ring (bicyclic) bond motifs is 1. The van der Waals surface area contributed by atoms with E-state index in [1.54, 1.807) is 41.6 Å². The number of hydrogen-bond donors (Lipinski definition) is 3. The zero-order valence-electron chi connectivity index (χ0n) is 24.2. The number of urea groups is 1. The Kier molecular flexibility index (Phi) is 9.22. The summed E-state index contributed by atoms with van der Waals surface area (Å²) in [6.07, 6.45) is 6.15. The second kappa shape index (κ2) is 13.0. The van der Waals surface area contributed by atoms with Gasteiger partial charge in [-0.3, -0.25) is 9.78 Å². The number of likely N-dealkylation sites (tertiary alicyclic amines) is 1. The quantitative estimate of drug-likeness (QED) is 0.196. The summed E-state index contributed by atoms with van der Waals surface area (Å²) >= 11 is 8.00. The Morgan fingerprint density at radius 3 is 2.67 bits per heavy atom. The lowest BCUT2D eigenvalue weighted by molar-refractivity contribution is 0.00745. The van der Waals surface area contributed by atoms with Crippen molar-refractivity contribution in [3.8, 4) is 16.9 Å². The maximum absolute atomic E-state index is 13.3. The Morgan fingerprint density at radius 1 is 1.16 bits per heavy atom. The monoisotopic (exact) mass is 623 g/mol.